The Hall–Kier alpha value is -1.62. The van der Waals surface area contributed by atoms with E-state index < -0.39 is 0 Å². The zero-order chi connectivity index (χ0) is 12.2. The zero-order valence-electron chi connectivity index (χ0n) is 10.5. The van der Waals surface area contributed by atoms with Crippen LogP contribution in [0.15, 0.2) is 24.7 Å². The van der Waals surface area contributed by atoms with Crippen LogP contribution in [0.1, 0.15) is 24.4 Å². The van der Waals surface area contributed by atoms with Crippen LogP contribution in [0.5, 0.6) is 0 Å². The molecule has 3 rings (SSSR count). The summed E-state index contributed by atoms with van der Waals surface area (Å²) in [6.45, 7) is 3.27. The van der Waals surface area contributed by atoms with Gasteiger partial charge in [0, 0.05) is 30.8 Å². The fourth-order valence-electron chi connectivity index (χ4n) is 2.77. The number of hydrogen-bond acceptors (Lipinski definition) is 3. The van der Waals surface area contributed by atoms with Gasteiger partial charge in [-0.05, 0) is 37.8 Å². The largest absolute Gasteiger partial charge is 0.348 e. The first kappa shape index (κ1) is 11.5. The van der Waals surface area contributed by atoms with Crippen LogP contribution in [-0.4, -0.2) is 38.2 Å². The second kappa shape index (κ2) is 5.35. The van der Waals surface area contributed by atoms with Crippen LogP contribution < -0.4 is 0 Å². The summed E-state index contributed by atoms with van der Waals surface area (Å²) in [5, 5.41) is 7.07. The Morgan fingerprint density at radius 2 is 2.39 bits per heavy atom. The molecule has 2 aromatic heterocycles. The molecule has 0 amide bonds. The van der Waals surface area contributed by atoms with Gasteiger partial charge in [0.05, 0.1) is 6.54 Å². The van der Waals surface area contributed by atoms with Crippen molar-refractivity contribution in [2.75, 3.05) is 13.1 Å². The normalized spacial score (nSPS) is 21.2. The van der Waals surface area contributed by atoms with Crippen molar-refractivity contribution in [2.24, 2.45) is 5.92 Å². The third-order valence-corrected chi connectivity index (χ3v) is 3.60. The smallest absolute Gasteiger partial charge is 0.120 e. The quantitative estimate of drug-likeness (QED) is 0.860. The second-order valence-corrected chi connectivity index (χ2v) is 5.07. The van der Waals surface area contributed by atoms with E-state index in [0.29, 0.717) is 0 Å². The number of aromatic amines is 2. The van der Waals surface area contributed by atoms with E-state index in [9.17, 15) is 0 Å². The molecule has 0 radical (unpaired) electrons. The van der Waals surface area contributed by atoms with E-state index in [1.807, 2.05) is 18.6 Å². The maximum atomic E-state index is 4.30. The molecule has 1 saturated heterocycles. The number of hydrogen-bond donors (Lipinski definition) is 2. The van der Waals surface area contributed by atoms with E-state index >= 15 is 0 Å². The van der Waals surface area contributed by atoms with Crippen molar-refractivity contribution in [1.29, 1.82) is 0 Å². The Bertz CT molecular complexity index is 405. The summed E-state index contributed by atoms with van der Waals surface area (Å²) in [5.74, 6) is 1.80. The summed E-state index contributed by atoms with van der Waals surface area (Å²) < 4.78 is 0. The Morgan fingerprint density at radius 3 is 3.17 bits per heavy atom. The first-order chi connectivity index (χ1) is 8.90. The molecule has 5 heteroatoms. The van der Waals surface area contributed by atoms with E-state index in [1.165, 1.54) is 25.1 Å². The minimum atomic E-state index is 0.731. The molecule has 96 valence electrons. The number of nitrogens with zero attached hydrogens (tertiary/aromatic N) is 3. The molecule has 0 unspecified atom stereocenters. The van der Waals surface area contributed by atoms with Crippen LogP contribution in [0.2, 0.25) is 0 Å². The molecule has 0 bridgehead atoms. The van der Waals surface area contributed by atoms with Crippen LogP contribution in [0.25, 0.3) is 0 Å². The number of piperidine rings is 1. The van der Waals surface area contributed by atoms with E-state index in [0.717, 1.165) is 31.3 Å². The van der Waals surface area contributed by atoms with Crippen molar-refractivity contribution in [3.05, 3.63) is 36.2 Å². The number of rotatable bonds is 4. The van der Waals surface area contributed by atoms with Gasteiger partial charge in [-0.15, -0.1) is 0 Å². The standard InChI is InChI=1S/C13H19N5/c1-2-11(8-12-3-4-16-17-12)9-18(7-1)10-13-14-5-6-15-13/h3-6,11H,1-2,7-10H2,(H,14,15)(H,16,17)/t11-/m1/s1. The van der Waals surface area contributed by atoms with E-state index in [-0.39, 0.29) is 0 Å². The number of nitrogens with one attached hydrogen (secondary N) is 2. The lowest BCUT2D eigenvalue weighted by molar-refractivity contribution is 0.163. The van der Waals surface area contributed by atoms with Crippen molar-refractivity contribution < 1.29 is 0 Å². The van der Waals surface area contributed by atoms with Crippen LogP contribution in [0.3, 0.4) is 0 Å². The molecule has 1 atom stereocenters. The highest BCUT2D eigenvalue weighted by atomic mass is 15.2. The van der Waals surface area contributed by atoms with Gasteiger partial charge < -0.3 is 4.98 Å². The maximum Gasteiger partial charge on any atom is 0.120 e. The van der Waals surface area contributed by atoms with Crippen molar-refractivity contribution >= 4 is 0 Å². The lowest BCUT2D eigenvalue weighted by atomic mass is 9.93. The Labute approximate surface area is 107 Å². The van der Waals surface area contributed by atoms with Gasteiger partial charge in [0.25, 0.3) is 0 Å². The summed E-state index contributed by atoms with van der Waals surface area (Å²) in [6.07, 6.45) is 9.24. The zero-order valence-corrected chi connectivity index (χ0v) is 10.5. The molecule has 2 aromatic rings. The van der Waals surface area contributed by atoms with Gasteiger partial charge in [0.15, 0.2) is 0 Å². The number of H-pyrrole nitrogens is 2. The van der Waals surface area contributed by atoms with Gasteiger partial charge in [-0.2, -0.15) is 5.10 Å². The van der Waals surface area contributed by atoms with Crippen molar-refractivity contribution in [1.82, 2.24) is 25.1 Å². The van der Waals surface area contributed by atoms with Crippen molar-refractivity contribution in [2.45, 2.75) is 25.8 Å². The molecule has 3 heterocycles. The summed E-state index contributed by atoms with van der Waals surface area (Å²) >= 11 is 0. The Balaban J connectivity index is 1.55. The maximum absolute atomic E-state index is 4.30. The summed E-state index contributed by atoms with van der Waals surface area (Å²) in [5.41, 5.74) is 1.25. The first-order valence-corrected chi connectivity index (χ1v) is 6.59. The highest BCUT2D eigenvalue weighted by Crippen LogP contribution is 2.20. The SMILES string of the molecule is c1cc(C[C@H]2CCCN(Cc3ncc[nH]3)C2)[nH]n1. The number of likely N-dealkylation sites (tertiary alicyclic amines) is 1. The molecule has 18 heavy (non-hydrogen) atoms. The predicted octanol–water partition coefficient (Wildman–Crippen LogP) is 1.59. The average Bonchev–Trinajstić information content (AvgIpc) is 3.03. The number of aromatic nitrogens is 4. The molecule has 5 nitrogen and oxygen atoms in total. The number of imidazole rings is 1. The van der Waals surface area contributed by atoms with Gasteiger partial charge >= 0.3 is 0 Å². The second-order valence-electron chi connectivity index (χ2n) is 5.07. The van der Waals surface area contributed by atoms with Crippen LogP contribution in [0.4, 0.5) is 0 Å². The van der Waals surface area contributed by atoms with Crippen molar-refractivity contribution in [3.63, 3.8) is 0 Å². The first-order valence-electron chi connectivity index (χ1n) is 6.59. The monoisotopic (exact) mass is 245 g/mol. The van der Waals surface area contributed by atoms with E-state index in [1.54, 1.807) is 0 Å². The minimum Gasteiger partial charge on any atom is -0.348 e. The van der Waals surface area contributed by atoms with Crippen LogP contribution in [-0.2, 0) is 13.0 Å². The van der Waals surface area contributed by atoms with E-state index in [4.69, 9.17) is 0 Å². The third-order valence-electron chi connectivity index (χ3n) is 3.60. The van der Waals surface area contributed by atoms with Gasteiger partial charge in [-0.25, -0.2) is 4.98 Å². The molecule has 2 N–H and O–H groups in total. The molecular formula is C13H19N5. The fraction of sp³-hybridized carbons (Fsp3) is 0.538. The molecule has 1 aliphatic rings. The molecular weight excluding hydrogens is 226 g/mol. The highest BCUT2D eigenvalue weighted by Gasteiger charge is 2.21. The van der Waals surface area contributed by atoms with Gasteiger partial charge in [-0.1, -0.05) is 0 Å². The lowest BCUT2D eigenvalue weighted by Crippen LogP contribution is -2.36. The average molecular weight is 245 g/mol. The Kier molecular flexibility index (Phi) is 3.41. The van der Waals surface area contributed by atoms with Gasteiger partial charge in [-0.3, -0.25) is 10.00 Å². The molecule has 0 spiro atoms. The molecule has 0 aromatic carbocycles. The predicted molar refractivity (Wildman–Crippen MR) is 68.9 cm³/mol. The molecule has 0 aliphatic carbocycles. The fourth-order valence-corrected chi connectivity index (χ4v) is 2.77. The molecule has 1 fully saturated rings. The lowest BCUT2D eigenvalue weighted by Gasteiger charge is -2.31. The molecule has 1 aliphatic heterocycles. The summed E-state index contributed by atoms with van der Waals surface area (Å²) in [4.78, 5) is 9.96. The summed E-state index contributed by atoms with van der Waals surface area (Å²) in [7, 11) is 0. The topological polar surface area (TPSA) is 60.6 Å². The van der Waals surface area contributed by atoms with Crippen molar-refractivity contribution in [3.8, 4) is 0 Å². The molecule has 0 saturated carbocycles. The van der Waals surface area contributed by atoms with Crippen LogP contribution in [0, 0.1) is 5.92 Å². The van der Waals surface area contributed by atoms with Gasteiger partial charge in [0.1, 0.15) is 5.82 Å². The summed E-state index contributed by atoms with van der Waals surface area (Å²) in [6, 6.07) is 2.07. The van der Waals surface area contributed by atoms with Crippen LogP contribution >= 0.6 is 0 Å². The van der Waals surface area contributed by atoms with E-state index in [2.05, 4.69) is 31.1 Å². The third kappa shape index (κ3) is 2.79. The minimum absolute atomic E-state index is 0.731. The van der Waals surface area contributed by atoms with Gasteiger partial charge in [0.2, 0.25) is 0 Å². The highest BCUT2D eigenvalue weighted by molar-refractivity contribution is 4.99. The Morgan fingerprint density at radius 1 is 1.39 bits per heavy atom.